The molecule has 1 aromatic carbocycles. The van der Waals surface area contributed by atoms with Gasteiger partial charge >= 0.3 is 0 Å². The van der Waals surface area contributed by atoms with Gasteiger partial charge in [-0.15, -0.1) is 0 Å². The second-order valence-corrected chi connectivity index (χ2v) is 7.16. The molecule has 0 aliphatic carbocycles. The molecule has 0 radical (unpaired) electrons. The number of carbonyl (C=O) groups is 1. The number of nitrogens with zero attached hydrogens (tertiary/aromatic N) is 2. The van der Waals surface area contributed by atoms with Crippen LogP contribution in [0.5, 0.6) is 5.75 Å². The number of likely N-dealkylation sites (tertiary alicyclic amines) is 1. The maximum Gasteiger partial charge on any atom is 0.264 e. The summed E-state index contributed by atoms with van der Waals surface area (Å²) in [5, 5.41) is 0. The number of hydrogen-bond donors (Lipinski definition) is 0. The number of amides is 1. The van der Waals surface area contributed by atoms with Gasteiger partial charge in [-0.1, -0.05) is 12.1 Å². The van der Waals surface area contributed by atoms with Crippen LogP contribution in [0.1, 0.15) is 31.1 Å². The van der Waals surface area contributed by atoms with Crippen molar-refractivity contribution in [1.82, 2.24) is 9.80 Å². The predicted octanol–water partition coefficient (Wildman–Crippen LogP) is 3.48. The van der Waals surface area contributed by atoms with Crippen molar-refractivity contribution >= 4 is 5.91 Å². The molecule has 1 atom stereocenters. The molecule has 5 heteroatoms. The van der Waals surface area contributed by atoms with Crippen molar-refractivity contribution in [2.75, 3.05) is 20.1 Å². The Labute approximate surface area is 155 Å². The molecule has 3 rings (SSSR count). The van der Waals surface area contributed by atoms with E-state index in [0.29, 0.717) is 6.54 Å². The SMILES string of the molecule is Cc1cccc(OC(C)C(=O)N(Cc2ccco2)C2CCN(C)CC2)c1. The lowest BCUT2D eigenvalue weighted by Gasteiger charge is -2.38. The van der Waals surface area contributed by atoms with Gasteiger partial charge in [-0.05, 0) is 76.7 Å². The van der Waals surface area contributed by atoms with Crippen molar-refractivity contribution in [2.24, 2.45) is 0 Å². The Hall–Kier alpha value is -2.27. The second kappa shape index (κ2) is 8.41. The van der Waals surface area contributed by atoms with Crippen LogP contribution < -0.4 is 4.74 Å². The first-order chi connectivity index (χ1) is 12.5. The molecular formula is C21H28N2O3. The molecule has 0 saturated carbocycles. The van der Waals surface area contributed by atoms with E-state index < -0.39 is 6.10 Å². The van der Waals surface area contributed by atoms with Crippen LogP contribution in [0.4, 0.5) is 0 Å². The molecular weight excluding hydrogens is 328 g/mol. The summed E-state index contributed by atoms with van der Waals surface area (Å²) in [6.45, 7) is 6.33. The van der Waals surface area contributed by atoms with E-state index in [0.717, 1.165) is 43.0 Å². The third-order valence-electron chi connectivity index (χ3n) is 4.97. The number of benzene rings is 1. The highest BCUT2D eigenvalue weighted by atomic mass is 16.5. The van der Waals surface area contributed by atoms with Crippen molar-refractivity contribution < 1.29 is 13.9 Å². The molecule has 26 heavy (non-hydrogen) atoms. The smallest absolute Gasteiger partial charge is 0.264 e. The highest BCUT2D eigenvalue weighted by Crippen LogP contribution is 2.22. The van der Waals surface area contributed by atoms with E-state index in [1.807, 2.05) is 55.1 Å². The zero-order valence-electron chi connectivity index (χ0n) is 15.9. The van der Waals surface area contributed by atoms with E-state index >= 15 is 0 Å². The molecule has 1 unspecified atom stereocenters. The van der Waals surface area contributed by atoms with Crippen LogP contribution in [0.25, 0.3) is 0 Å². The van der Waals surface area contributed by atoms with E-state index in [2.05, 4.69) is 11.9 Å². The molecule has 1 aromatic heterocycles. The van der Waals surface area contributed by atoms with Crippen LogP contribution in [-0.2, 0) is 11.3 Å². The highest BCUT2D eigenvalue weighted by molar-refractivity contribution is 5.81. The molecule has 1 aliphatic heterocycles. The Balaban J connectivity index is 1.72. The standard InChI is InChI=1S/C21H28N2O3/c1-16-6-4-7-19(14-16)26-17(2)21(24)23(15-20-8-5-13-25-20)18-9-11-22(3)12-10-18/h4-8,13-14,17-18H,9-12,15H2,1-3H3. The summed E-state index contributed by atoms with van der Waals surface area (Å²) in [6, 6.07) is 11.8. The van der Waals surface area contributed by atoms with E-state index in [1.165, 1.54) is 0 Å². The maximum atomic E-state index is 13.2. The zero-order chi connectivity index (χ0) is 18.5. The van der Waals surface area contributed by atoms with Gasteiger partial charge in [0.25, 0.3) is 5.91 Å². The van der Waals surface area contributed by atoms with Crippen molar-refractivity contribution in [3.05, 3.63) is 54.0 Å². The van der Waals surface area contributed by atoms with Gasteiger partial charge in [-0.25, -0.2) is 0 Å². The lowest BCUT2D eigenvalue weighted by molar-refractivity contribution is -0.142. The van der Waals surface area contributed by atoms with Crippen molar-refractivity contribution in [3.8, 4) is 5.75 Å². The number of piperidine rings is 1. The molecule has 0 spiro atoms. The van der Waals surface area contributed by atoms with Gasteiger partial charge in [-0.2, -0.15) is 0 Å². The molecule has 1 amide bonds. The number of aryl methyl sites for hydroxylation is 1. The van der Waals surface area contributed by atoms with Gasteiger partial charge in [0.15, 0.2) is 6.10 Å². The first-order valence-electron chi connectivity index (χ1n) is 9.27. The van der Waals surface area contributed by atoms with Crippen molar-refractivity contribution in [2.45, 2.75) is 45.4 Å². The van der Waals surface area contributed by atoms with Gasteiger partial charge in [0, 0.05) is 6.04 Å². The number of carbonyl (C=O) groups excluding carboxylic acids is 1. The Morgan fingerprint density at radius 1 is 1.31 bits per heavy atom. The normalized spacial score (nSPS) is 17.0. The molecule has 0 bridgehead atoms. The van der Waals surface area contributed by atoms with E-state index in [-0.39, 0.29) is 11.9 Å². The minimum Gasteiger partial charge on any atom is -0.481 e. The van der Waals surface area contributed by atoms with Crippen molar-refractivity contribution in [1.29, 1.82) is 0 Å². The molecule has 5 nitrogen and oxygen atoms in total. The lowest BCUT2D eigenvalue weighted by atomic mass is 10.0. The predicted molar refractivity (Wildman–Crippen MR) is 101 cm³/mol. The minimum absolute atomic E-state index is 0.0115. The second-order valence-electron chi connectivity index (χ2n) is 7.16. The van der Waals surface area contributed by atoms with Crippen LogP contribution in [0.2, 0.25) is 0 Å². The molecule has 2 heterocycles. The number of hydrogen-bond acceptors (Lipinski definition) is 4. The number of rotatable bonds is 6. The molecule has 1 saturated heterocycles. The summed E-state index contributed by atoms with van der Waals surface area (Å²) in [4.78, 5) is 17.4. The van der Waals surface area contributed by atoms with Crippen LogP contribution in [0.3, 0.4) is 0 Å². The third kappa shape index (κ3) is 4.67. The van der Waals surface area contributed by atoms with Crippen LogP contribution in [-0.4, -0.2) is 48.0 Å². The fourth-order valence-corrected chi connectivity index (χ4v) is 3.44. The van der Waals surface area contributed by atoms with Crippen LogP contribution in [0.15, 0.2) is 47.1 Å². The van der Waals surface area contributed by atoms with Crippen molar-refractivity contribution in [3.63, 3.8) is 0 Å². The summed E-state index contributed by atoms with van der Waals surface area (Å²) in [7, 11) is 2.12. The Bertz CT molecular complexity index is 706. The average molecular weight is 356 g/mol. The molecule has 1 fully saturated rings. The fourth-order valence-electron chi connectivity index (χ4n) is 3.44. The summed E-state index contributed by atoms with van der Waals surface area (Å²) >= 11 is 0. The molecule has 140 valence electrons. The summed E-state index contributed by atoms with van der Waals surface area (Å²) in [6.07, 6.45) is 3.06. The zero-order valence-corrected chi connectivity index (χ0v) is 15.9. The van der Waals surface area contributed by atoms with Gasteiger partial charge in [0.1, 0.15) is 11.5 Å². The lowest BCUT2D eigenvalue weighted by Crippen LogP contribution is -2.49. The number of furan rings is 1. The van der Waals surface area contributed by atoms with Gasteiger partial charge < -0.3 is 19.0 Å². The topological polar surface area (TPSA) is 45.9 Å². The fraction of sp³-hybridized carbons (Fsp3) is 0.476. The molecule has 1 aliphatic rings. The van der Waals surface area contributed by atoms with Gasteiger partial charge in [0.05, 0.1) is 12.8 Å². The first kappa shape index (κ1) is 18.5. The third-order valence-corrected chi connectivity index (χ3v) is 4.97. The van der Waals surface area contributed by atoms with Crippen LogP contribution >= 0.6 is 0 Å². The number of ether oxygens (including phenoxy) is 1. The summed E-state index contributed by atoms with van der Waals surface area (Å²) in [5.74, 6) is 1.55. The van der Waals surface area contributed by atoms with E-state index in [1.54, 1.807) is 6.26 Å². The monoisotopic (exact) mass is 356 g/mol. The van der Waals surface area contributed by atoms with Gasteiger partial charge in [-0.3, -0.25) is 4.79 Å². The van der Waals surface area contributed by atoms with Crippen LogP contribution in [0, 0.1) is 6.92 Å². The Morgan fingerprint density at radius 2 is 2.08 bits per heavy atom. The molecule has 0 N–H and O–H groups in total. The van der Waals surface area contributed by atoms with Gasteiger partial charge in [0.2, 0.25) is 0 Å². The molecule has 2 aromatic rings. The quantitative estimate of drug-likeness (QED) is 0.795. The summed E-state index contributed by atoms with van der Waals surface area (Å²) in [5.41, 5.74) is 1.12. The average Bonchev–Trinajstić information content (AvgIpc) is 3.13. The Kier molecular flexibility index (Phi) is 5.99. The largest absolute Gasteiger partial charge is 0.481 e. The summed E-state index contributed by atoms with van der Waals surface area (Å²) < 4.78 is 11.4. The van der Waals surface area contributed by atoms with E-state index in [9.17, 15) is 4.79 Å². The van der Waals surface area contributed by atoms with E-state index in [4.69, 9.17) is 9.15 Å². The minimum atomic E-state index is -0.536. The first-order valence-corrected chi connectivity index (χ1v) is 9.27. The highest BCUT2D eigenvalue weighted by Gasteiger charge is 2.31. The maximum absolute atomic E-state index is 13.2. The Morgan fingerprint density at radius 3 is 2.73 bits per heavy atom.